The molecule has 0 radical (unpaired) electrons. The lowest BCUT2D eigenvalue weighted by molar-refractivity contribution is 0.590. The van der Waals surface area contributed by atoms with Crippen LogP contribution in [-0.2, 0) is 10.8 Å². The standard InChI is InChI=1S/C86H64B2N4/c1-85(2,3)53-45-79-83-81(47-53)91(57-41-43-67-63-33-15-13-29-59(63)61-31-17-19-35-65(61)69(67)49-57)77-52-78-74(51-73(77)87(83)71-37-21-23-39-75(71)89(79)55-25-9-7-10-26-55)88-72-38-22-24-40-76(72)90(56-27-11-8-12-28-56)80-46-54(86(4,5)6)48-82(84(80)88)92(78)58-42-44-68-64-34-16-14-30-60(64)62-32-18-20-36-66(62)70(68)50-58/h7-52H,1-6H3. The predicted molar refractivity (Wildman–Crippen MR) is 397 cm³/mol. The Morgan fingerprint density at radius 3 is 0.826 bits per heavy atom. The maximum atomic E-state index is 2.69. The van der Waals surface area contributed by atoms with E-state index in [1.54, 1.807) is 0 Å². The van der Waals surface area contributed by atoms with E-state index in [0.717, 1.165) is 22.7 Å². The van der Waals surface area contributed by atoms with Gasteiger partial charge < -0.3 is 19.6 Å². The molecule has 0 aromatic heterocycles. The fourth-order valence-corrected chi connectivity index (χ4v) is 16.6. The molecule has 0 bridgehead atoms. The Morgan fingerprint density at radius 1 is 0.207 bits per heavy atom. The van der Waals surface area contributed by atoms with Gasteiger partial charge in [-0.05, 0) is 210 Å². The van der Waals surface area contributed by atoms with E-state index >= 15 is 0 Å². The van der Waals surface area contributed by atoms with Crippen LogP contribution in [0.4, 0.5) is 68.2 Å². The first-order chi connectivity index (χ1) is 44.9. The first-order valence-corrected chi connectivity index (χ1v) is 32.6. The molecule has 4 aliphatic heterocycles. The second kappa shape index (κ2) is 19.4. The highest BCUT2D eigenvalue weighted by atomic mass is 15.2. The molecule has 0 fully saturated rings. The smallest absolute Gasteiger partial charge is 0.252 e. The Hall–Kier alpha value is -10.8. The van der Waals surface area contributed by atoms with Crippen molar-refractivity contribution in [3.63, 3.8) is 0 Å². The molecule has 0 unspecified atom stereocenters. The van der Waals surface area contributed by atoms with Crippen molar-refractivity contribution in [1.29, 1.82) is 0 Å². The SMILES string of the molecule is CC(C)(C)c1cc2c3c(c1)N(c1ccc4c5ccccc5c5ccccc5c4c1)c1cc4c(cc1B3c1ccccc1N2c1ccccc1)B1c2ccccc2N(c2ccccc2)c2cc(C(C)(C)C)cc(c21)N4c1ccc2c3ccccc3c3ccccc3c2c1. The van der Waals surface area contributed by atoms with Crippen molar-refractivity contribution in [2.45, 2.75) is 52.4 Å². The summed E-state index contributed by atoms with van der Waals surface area (Å²) in [5.74, 6) is 0. The Bertz CT molecular complexity index is 5250. The van der Waals surface area contributed by atoms with Crippen LogP contribution in [0.5, 0.6) is 0 Å². The number of fused-ring (bicyclic) bond motifs is 20. The van der Waals surface area contributed by atoms with Crippen LogP contribution in [0.15, 0.2) is 279 Å². The summed E-state index contributed by atoms with van der Waals surface area (Å²) in [4.78, 5) is 10.5. The van der Waals surface area contributed by atoms with Gasteiger partial charge in [-0.2, -0.15) is 0 Å². The zero-order valence-corrected chi connectivity index (χ0v) is 52.5. The van der Waals surface area contributed by atoms with E-state index < -0.39 is 0 Å². The quantitative estimate of drug-likeness (QED) is 0.129. The summed E-state index contributed by atoms with van der Waals surface area (Å²) in [6, 6.07) is 107. The minimum absolute atomic E-state index is 0.121. The molecule has 4 aliphatic rings. The van der Waals surface area contributed by atoms with Gasteiger partial charge in [-0.1, -0.05) is 230 Å². The number of anilines is 12. The lowest BCUT2D eigenvalue weighted by atomic mass is 9.30. The van der Waals surface area contributed by atoms with Gasteiger partial charge in [-0.25, -0.2) is 0 Å². The molecule has 0 spiro atoms. The molecule has 6 heteroatoms. The average molecular weight is 1180 g/mol. The van der Waals surface area contributed by atoms with Crippen molar-refractivity contribution < 1.29 is 0 Å². The first-order valence-electron chi connectivity index (χ1n) is 32.6. The van der Waals surface area contributed by atoms with Crippen molar-refractivity contribution in [2.24, 2.45) is 0 Å². The average Bonchev–Trinajstić information content (AvgIpc) is 0.688. The van der Waals surface area contributed by atoms with Crippen molar-refractivity contribution in [3.8, 4) is 0 Å². The molecule has 0 aliphatic carbocycles. The van der Waals surface area contributed by atoms with Gasteiger partial charge >= 0.3 is 0 Å². The van der Waals surface area contributed by atoms with Crippen molar-refractivity contribution in [2.75, 3.05) is 19.6 Å². The van der Waals surface area contributed by atoms with E-state index in [9.17, 15) is 0 Å². The zero-order chi connectivity index (χ0) is 61.5. The molecular formula is C86H64B2N4. The van der Waals surface area contributed by atoms with Crippen molar-refractivity contribution in [3.05, 3.63) is 290 Å². The van der Waals surface area contributed by atoms with Crippen LogP contribution in [-0.4, -0.2) is 13.4 Å². The van der Waals surface area contributed by atoms with Crippen LogP contribution in [0.25, 0.3) is 64.6 Å². The Labute approximate surface area is 538 Å². The van der Waals surface area contributed by atoms with Crippen LogP contribution >= 0.6 is 0 Å². The summed E-state index contributed by atoms with van der Waals surface area (Å²) in [5.41, 5.74) is 24.1. The van der Waals surface area contributed by atoms with Gasteiger partial charge in [0.1, 0.15) is 0 Å². The highest BCUT2D eigenvalue weighted by Crippen LogP contribution is 2.52. The third kappa shape index (κ3) is 7.55. The maximum absolute atomic E-state index is 2.69. The predicted octanol–water partition coefficient (Wildman–Crippen LogP) is 19.4. The van der Waals surface area contributed by atoms with Crippen LogP contribution in [0.2, 0.25) is 0 Å². The van der Waals surface area contributed by atoms with Gasteiger partial charge in [0.05, 0.1) is 0 Å². The molecule has 15 aromatic rings. The molecule has 0 saturated carbocycles. The number of nitrogens with zero attached hydrogens (tertiary/aromatic N) is 4. The maximum Gasteiger partial charge on any atom is 0.252 e. The summed E-state index contributed by atoms with van der Waals surface area (Å²) < 4.78 is 0. The summed E-state index contributed by atoms with van der Waals surface area (Å²) in [7, 11) is 0. The molecule has 0 atom stereocenters. The molecule has 0 amide bonds. The summed E-state index contributed by atoms with van der Waals surface area (Å²) in [5, 5.41) is 15.1. The molecule has 19 rings (SSSR count). The van der Waals surface area contributed by atoms with Gasteiger partial charge in [0.25, 0.3) is 13.4 Å². The molecule has 0 N–H and O–H groups in total. The monoisotopic (exact) mass is 1170 g/mol. The van der Waals surface area contributed by atoms with Crippen molar-refractivity contribution >= 4 is 179 Å². The van der Waals surface area contributed by atoms with Crippen LogP contribution in [0, 0.1) is 0 Å². The molecule has 92 heavy (non-hydrogen) atoms. The first kappa shape index (κ1) is 53.1. The molecule has 434 valence electrons. The third-order valence-corrected chi connectivity index (χ3v) is 20.8. The highest BCUT2D eigenvalue weighted by Gasteiger charge is 2.49. The van der Waals surface area contributed by atoms with Gasteiger partial charge in [-0.3, -0.25) is 0 Å². The molecule has 15 aromatic carbocycles. The molecule has 4 heterocycles. The normalized spacial score (nSPS) is 13.8. The van der Waals surface area contributed by atoms with Crippen LogP contribution in [0.3, 0.4) is 0 Å². The number of hydrogen-bond acceptors (Lipinski definition) is 4. The van der Waals surface area contributed by atoms with Crippen LogP contribution < -0.4 is 52.4 Å². The molecule has 4 nitrogen and oxygen atoms in total. The number of hydrogen-bond donors (Lipinski definition) is 0. The second-order valence-electron chi connectivity index (χ2n) is 28.0. The van der Waals surface area contributed by atoms with E-state index in [4.69, 9.17) is 0 Å². The van der Waals surface area contributed by atoms with Gasteiger partial charge in [0, 0.05) is 68.2 Å². The van der Waals surface area contributed by atoms with E-state index in [0.29, 0.717) is 0 Å². The Kier molecular flexibility index (Phi) is 11.2. The van der Waals surface area contributed by atoms with E-state index in [2.05, 4.69) is 340 Å². The van der Waals surface area contributed by atoms with Gasteiger partial charge in [0.15, 0.2) is 0 Å². The Balaban J connectivity index is 0.976. The fourth-order valence-electron chi connectivity index (χ4n) is 16.6. The fraction of sp³-hybridized carbons (Fsp3) is 0.0930. The minimum Gasteiger partial charge on any atom is -0.311 e. The van der Waals surface area contributed by atoms with Gasteiger partial charge in [0.2, 0.25) is 0 Å². The van der Waals surface area contributed by atoms with E-state index in [1.165, 1.54) is 154 Å². The van der Waals surface area contributed by atoms with Crippen LogP contribution in [0.1, 0.15) is 52.7 Å². The molecular weight excluding hydrogens is 1110 g/mol. The summed E-state index contributed by atoms with van der Waals surface area (Å²) in [6.07, 6.45) is 0. The van der Waals surface area contributed by atoms with E-state index in [-0.39, 0.29) is 24.3 Å². The van der Waals surface area contributed by atoms with E-state index in [1.807, 2.05) is 0 Å². The highest BCUT2D eigenvalue weighted by molar-refractivity contribution is 7.03. The van der Waals surface area contributed by atoms with Gasteiger partial charge in [-0.15, -0.1) is 0 Å². The lowest BCUT2D eigenvalue weighted by Gasteiger charge is -2.48. The lowest BCUT2D eigenvalue weighted by Crippen LogP contribution is -2.65. The Morgan fingerprint density at radius 2 is 0.489 bits per heavy atom. The number of para-hydroxylation sites is 4. The second-order valence-corrected chi connectivity index (χ2v) is 28.0. The minimum atomic E-state index is -0.197. The number of rotatable bonds is 4. The largest absolute Gasteiger partial charge is 0.311 e. The third-order valence-electron chi connectivity index (χ3n) is 20.8. The zero-order valence-electron chi connectivity index (χ0n) is 52.5. The van der Waals surface area contributed by atoms with Crippen molar-refractivity contribution in [1.82, 2.24) is 0 Å². The number of benzene rings is 15. The summed E-state index contributed by atoms with van der Waals surface area (Å²) >= 11 is 0. The topological polar surface area (TPSA) is 13.0 Å². The molecule has 0 saturated heterocycles. The summed E-state index contributed by atoms with van der Waals surface area (Å²) in [6.45, 7) is 14.0.